The summed E-state index contributed by atoms with van der Waals surface area (Å²) >= 11 is 0. The van der Waals surface area contributed by atoms with Crippen LogP contribution in [0.5, 0.6) is 0 Å². The van der Waals surface area contributed by atoms with Crippen molar-refractivity contribution in [3.8, 4) is 0 Å². The van der Waals surface area contributed by atoms with Gasteiger partial charge < -0.3 is 4.81 Å². The maximum atomic E-state index is 11.2. The average molecular weight is 168 g/mol. The van der Waals surface area contributed by atoms with Gasteiger partial charge in [-0.1, -0.05) is 6.82 Å². The number of hydrazine groups is 1. The number of hydrogen-bond donors (Lipinski definition) is 2. The molecule has 5 heteroatoms. The third kappa shape index (κ3) is 2.22. The zero-order valence-electron chi connectivity index (χ0n) is 7.42. The van der Waals surface area contributed by atoms with Gasteiger partial charge in [0.2, 0.25) is 13.3 Å². The zero-order valence-corrected chi connectivity index (χ0v) is 7.42. The highest BCUT2D eigenvalue weighted by atomic mass is 16.2. The summed E-state index contributed by atoms with van der Waals surface area (Å²) in [5.41, 5.74) is 2.20. The molecule has 0 saturated carbocycles. The van der Waals surface area contributed by atoms with Crippen LogP contribution in [0.3, 0.4) is 0 Å². The van der Waals surface area contributed by atoms with Gasteiger partial charge in [-0.25, -0.2) is 5.84 Å². The first-order valence-corrected chi connectivity index (χ1v) is 4.32. The molecule has 0 aliphatic carbocycles. The molecule has 1 heterocycles. The van der Waals surface area contributed by atoms with Crippen molar-refractivity contribution in [3.63, 3.8) is 0 Å². The van der Waals surface area contributed by atoms with Crippen LogP contribution < -0.4 is 11.3 Å². The maximum absolute atomic E-state index is 11.2. The predicted molar refractivity (Wildman–Crippen MR) is 48.2 cm³/mol. The fourth-order valence-corrected chi connectivity index (χ4v) is 1.57. The van der Waals surface area contributed by atoms with Crippen molar-refractivity contribution < 1.29 is 4.79 Å². The van der Waals surface area contributed by atoms with Crippen molar-refractivity contribution in [1.82, 2.24) is 10.2 Å². The highest BCUT2D eigenvalue weighted by molar-refractivity contribution is 6.29. The Morgan fingerprint density at radius 3 is 3.08 bits per heavy atom. The van der Waals surface area contributed by atoms with E-state index in [4.69, 9.17) is 5.84 Å². The monoisotopic (exact) mass is 168 g/mol. The number of amides is 1. The van der Waals surface area contributed by atoms with Gasteiger partial charge in [0.05, 0.1) is 5.92 Å². The van der Waals surface area contributed by atoms with Crippen molar-refractivity contribution in [2.45, 2.75) is 19.7 Å². The smallest absolute Gasteiger partial charge is 0.238 e. The number of carbonyl (C=O) groups excluding carboxylic acids is 1. The maximum Gasteiger partial charge on any atom is 0.238 e. The molecule has 1 amide bonds. The second kappa shape index (κ2) is 4.47. The van der Waals surface area contributed by atoms with Crippen molar-refractivity contribution in [1.29, 1.82) is 0 Å². The molecule has 1 atom stereocenters. The van der Waals surface area contributed by atoms with Gasteiger partial charge in [-0.3, -0.25) is 10.2 Å². The molecular formula is C7H15BN3O. The SMILES string of the molecule is C[B]N1CCCC(C(=O)NN)C1. The van der Waals surface area contributed by atoms with E-state index in [0.717, 1.165) is 25.9 Å². The van der Waals surface area contributed by atoms with Crippen LogP contribution in [0.4, 0.5) is 0 Å². The Kier molecular flexibility index (Phi) is 3.56. The number of nitrogens with one attached hydrogen (secondary N) is 1. The molecule has 0 aromatic heterocycles. The van der Waals surface area contributed by atoms with Crippen LogP contribution in [0.2, 0.25) is 6.82 Å². The van der Waals surface area contributed by atoms with E-state index in [1.807, 2.05) is 14.2 Å². The molecule has 67 valence electrons. The summed E-state index contributed by atoms with van der Waals surface area (Å²) in [5, 5.41) is 0. The van der Waals surface area contributed by atoms with Gasteiger partial charge in [0.25, 0.3) is 0 Å². The van der Waals surface area contributed by atoms with Gasteiger partial charge in [-0.2, -0.15) is 0 Å². The third-order valence-electron chi connectivity index (χ3n) is 2.33. The number of rotatable bonds is 2. The van der Waals surface area contributed by atoms with E-state index in [1.54, 1.807) is 0 Å². The summed E-state index contributed by atoms with van der Waals surface area (Å²) in [6.45, 7) is 3.85. The fraction of sp³-hybridized carbons (Fsp3) is 0.857. The molecule has 1 unspecified atom stereocenters. The van der Waals surface area contributed by atoms with E-state index < -0.39 is 0 Å². The Morgan fingerprint density at radius 1 is 1.75 bits per heavy atom. The van der Waals surface area contributed by atoms with Gasteiger partial charge in [-0.15, -0.1) is 0 Å². The Balaban J connectivity index is 2.40. The number of nitrogens with two attached hydrogens (primary N) is 1. The van der Waals surface area contributed by atoms with Crippen LogP contribution in [0, 0.1) is 5.92 Å². The highest BCUT2D eigenvalue weighted by Gasteiger charge is 2.23. The van der Waals surface area contributed by atoms with Gasteiger partial charge in [0, 0.05) is 0 Å². The lowest BCUT2D eigenvalue weighted by Gasteiger charge is -2.30. The summed E-state index contributed by atoms with van der Waals surface area (Å²) in [6, 6.07) is 0. The van der Waals surface area contributed by atoms with E-state index in [1.165, 1.54) is 0 Å². The van der Waals surface area contributed by atoms with Crippen LogP contribution in [0.15, 0.2) is 0 Å². The second-order valence-electron chi connectivity index (χ2n) is 3.10. The number of carbonyl (C=O) groups is 1. The topological polar surface area (TPSA) is 58.4 Å². The standard InChI is InChI=1S/C7H15BN3O/c1-8-11-4-2-3-6(5-11)7(12)10-9/h6H,2-5,9H2,1H3,(H,10,12). The van der Waals surface area contributed by atoms with E-state index in [2.05, 4.69) is 10.2 Å². The Hall–Kier alpha value is -0.545. The van der Waals surface area contributed by atoms with Gasteiger partial charge in [0.1, 0.15) is 0 Å². The number of nitrogens with zero attached hydrogens (tertiary/aromatic N) is 1. The largest absolute Gasteiger partial charge is 0.346 e. The fourth-order valence-electron chi connectivity index (χ4n) is 1.57. The summed E-state index contributed by atoms with van der Waals surface area (Å²) in [7, 11) is 2.02. The quantitative estimate of drug-likeness (QED) is 0.249. The molecule has 1 rings (SSSR count). The molecule has 3 N–H and O–H groups in total. The molecule has 0 spiro atoms. The van der Waals surface area contributed by atoms with Crippen LogP contribution >= 0.6 is 0 Å². The molecule has 1 aliphatic rings. The Bertz CT molecular complexity index is 165. The summed E-state index contributed by atoms with van der Waals surface area (Å²) in [6.07, 6.45) is 2.02. The first-order chi connectivity index (χ1) is 5.77. The second-order valence-corrected chi connectivity index (χ2v) is 3.10. The van der Waals surface area contributed by atoms with Crippen LogP contribution in [-0.2, 0) is 4.79 Å². The van der Waals surface area contributed by atoms with Gasteiger partial charge >= 0.3 is 0 Å². The van der Waals surface area contributed by atoms with Crippen LogP contribution in [0.25, 0.3) is 0 Å². The Morgan fingerprint density at radius 2 is 2.50 bits per heavy atom. The molecule has 12 heavy (non-hydrogen) atoms. The van der Waals surface area contributed by atoms with Gasteiger partial charge in [0.15, 0.2) is 0 Å². The molecule has 0 aromatic carbocycles. The molecule has 1 saturated heterocycles. The first-order valence-electron chi connectivity index (χ1n) is 4.32. The first kappa shape index (κ1) is 9.54. The summed E-state index contributed by atoms with van der Waals surface area (Å²) < 4.78 is 0. The third-order valence-corrected chi connectivity index (χ3v) is 2.33. The van der Waals surface area contributed by atoms with Crippen LogP contribution in [0.1, 0.15) is 12.8 Å². The molecule has 1 fully saturated rings. The van der Waals surface area contributed by atoms with Crippen molar-refractivity contribution in [2.24, 2.45) is 11.8 Å². The number of hydrogen-bond acceptors (Lipinski definition) is 3. The van der Waals surface area contributed by atoms with Crippen LogP contribution in [-0.4, -0.2) is 31.2 Å². The zero-order chi connectivity index (χ0) is 8.97. The van der Waals surface area contributed by atoms with Crippen molar-refractivity contribution >= 4 is 13.3 Å². The molecule has 0 aromatic rings. The lowest BCUT2D eigenvalue weighted by Crippen LogP contribution is -2.45. The van der Waals surface area contributed by atoms with Crippen molar-refractivity contribution in [2.75, 3.05) is 13.1 Å². The minimum atomic E-state index is -0.0402. The summed E-state index contributed by atoms with van der Waals surface area (Å²) in [4.78, 5) is 13.3. The highest BCUT2D eigenvalue weighted by Crippen LogP contribution is 2.15. The van der Waals surface area contributed by atoms with E-state index in [0.29, 0.717) is 0 Å². The van der Waals surface area contributed by atoms with E-state index in [-0.39, 0.29) is 11.8 Å². The lowest BCUT2D eigenvalue weighted by molar-refractivity contribution is -0.126. The minimum absolute atomic E-state index is 0.0402. The normalized spacial score (nSPS) is 25.0. The Labute approximate surface area is 73.7 Å². The minimum Gasteiger partial charge on any atom is -0.346 e. The van der Waals surface area contributed by atoms with E-state index >= 15 is 0 Å². The van der Waals surface area contributed by atoms with Crippen molar-refractivity contribution in [3.05, 3.63) is 0 Å². The average Bonchev–Trinajstić information content (AvgIpc) is 2.17. The molecule has 0 bridgehead atoms. The van der Waals surface area contributed by atoms with Gasteiger partial charge in [-0.05, 0) is 25.9 Å². The summed E-state index contributed by atoms with van der Waals surface area (Å²) in [5.74, 6) is 5.09. The number of piperidine rings is 1. The molecule has 4 nitrogen and oxygen atoms in total. The predicted octanol–water partition coefficient (Wildman–Crippen LogP) is -0.644. The molecule has 1 aliphatic heterocycles. The lowest BCUT2D eigenvalue weighted by atomic mass is 9.87. The molecular weight excluding hydrogens is 153 g/mol. The van der Waals surface area contributed by atoms with E-state index in [9.17, 15) is 4.79 Å². The molecule has 1 radical (unpaired) electrons.